The zero-order chi connectivity index (χ0) is 18.5. The molecule has 0 saturated carbocycles. The maximum atomic E-state index is 10.0. The number of benzene rings is 1. The number of hydrogen-bond acceptors (Lipinski definition) is 4. The van der Waals surface area contributed by atoms with Crippen LogP contribution in [0.5, 0.6) is 0 Å². The van der Waals surface area contributed by atoms with Gasteiger partial charge in [-0.3, -0.25) is 9.88 Å². The van der Waals surface area contributed by atoms with Gasteiger partial charge in [0.15, 0.2) is 0 Å². The van der Waals surface area contributed by atoms with Crippen molar-refractivity contribution in [2.45, 2.75) is 25.8 Å². The molecule has 0 aliphatic carbocycles. The number of nitrogens with zero attached hydrogens (tertiary/aromatic N) is 3. The van der Waals surface area contributed by atoms with Crippen LogP contribution in [0.1, 0.15) is 24.1 Å². The summed E-state index contributed by atoms with van der Waals surface area (Å²) < 4.78 is 0. The average molecular weight is 366 g/mol. The Hall–Kier alpha value is -1.75. The average Bonchev–Trinajstić information content (AvgIpc) is 3.07. The number of aliphatic hydroxyl groups is 1. The number of rotatable bonds is 6. The lowest BCUT2D eigenvalue weighted by Gasteiger charge is -2.42. The quantitative estimate of drug-likeness (QED) is 0.854. The Bertz CT molecular complexity index is 698. The molecule has 3 heterocycles. The van der Waals surface area contributed by atoms with Crippen molar-refractivity contribution in [3.63, 3.8) is 0 Å². The van der Waals surface area contributed by atoms with Gasteiger partial charge in [0, 0.05) is 44.9 Å². The van der Waals surface area contributed by atoms with Gasteiger partial charge < -0.3 is 10.0 Å². The second kappa shape index (κ2) is 8.51. The van der Waals surface area contributed by atoms with Crippen molar-refractivity contribution < 1.29 is 5.11 Å². The Morgan fingerprint density at radius 3 is 2.48 bits per heavy atom. The van der Waals surface area contributed by atoms with Crippen LogP contribution in [0.25, 0.3) is 0 Å². The summed E-state index contributed by atoms with van der Waals surface area (Å²) in [4.78, 5) is 9.58. The highest BCUT2D eigenvalue weighted by Crippen LogP contribution is 2.44. The van der Waals surface area contributed by atoms with Crippen molar-refractivity contribution >= 4 is 0 Å². The molecule has 0 bridgehead atoms. The summed E-state index contributed by atoms with van der Waals surface area (Å²) in [6, 6.07) is 16.9. The molecular formula is C23H31N3O. The van der Waals surface area contributed by atoms with Crippen LogP contribution in [0, 0.1) is 11.3 Å². The van der Waals surface area contributed by atoms with E-state index in [2.05, 4.69) is 57.2 Å². The van der Waals surface area contributed by atoms with Crippen molar-refractivity contribution in [3.05, 3.63) is 66.0 Å². The van der Waals surface area contributed by atoms with E-state index in [0.717, 1.165) is 51.4 Å². The van der Waals surface area contributed by atoms with Crippen molar-refractivity contribution in [2.75, 3.05) is 39.3 Å². The Labute approximate surface area is 162 Å². The highest BCUT2D eigenvalue weighted by molar-refractivity contribution is 5.15. The zero-order valence-electron chi connectivity index (χ0n) is 16.1. The molecule has 1 spiro atoms. The SMILES string of the molecule is OCC1CN(CCc2ccccc2)CC12CCN(Cc1ccccn1)CC2. The summed E-state index contributed by atoms with van der Waals surface area (Å²) in [7, 11) is 0. The molecule has 0 radical (unpaired) electrons. The fourth-order valence-corrected chi connectivity index (χ4v) is 4.94. The van der Waals surface area contributed by atoms with Crippen LogP contribution in [-0.4, -0.2) is 59.2 Å². The van der Waals surface area contributed by atoms with Gasteiger partial charge in [-0.05, 0) is 55.5 Å². The van der Waals surface area contributed by atoms with E-state index in [1.807, 2.05) is 12.3 Å². The molecule has 4 rings (SSSR count). The van der Waals surface area contributed by atoms with Crippen molar-refractivity contribution in [1.29, 1.82) is 0 Å². The Morgan fingerprint density at radius 2 is 1.78 bits per heavy atom. The van der Waals surface area contributed by atoms with Crippen molar-refractivity contribution in [2.24, 2.45) is 11.3 Å². The van der Waals surface area contributed by atoms with Crippen LogP contribution in [0.4, 0.5) is 0 Å². The minimum Gasteiger partial charge on any atom is -0.396 e. The van der Waals surface area contributed by atoms with E-state index >= 15 is 0 Å². The first-order chi connectivity index (χ1) is 13.3. The minimum atomic E-state index is 0.298. The molecule has 4 heteroatoms. The number of aliphatic hydroxyl groups excluding tert-OH is 1. The summed E-state index contributed by atoms with van der Waals surface area (Å²) in [6.45, 7) is 6.77. The molecule has 1 unspecified atom stereocenters. The Balaban J connectivity index is 1.32. The van der Waals surface area contributed by atoms with Crippen LogP contribution in [-0.2, 0) is 13.0 Å². The largest absolute Gasteiger partial charge is 0.396 e. The first-order valence-electron chi connectivity index (χ1n) is 10.3. The van der Waals surface area contributed by atoms with Gasteiger partial charge in [0.05, 0.1) is 5.69 Å². The van der Waals surface area contributed by atoms with Gasteiger partial charge in [-0.1, -0.05) is 36.4 Å². The maximum Gasteiger partial charge on any atom is 0.0543 e. The molecule has 1 atom stereocenters. The Kier molecular flexibility index (Phi) is 5.86. The monoisotopic (exact) mass is 365 g/mol. The second-order valence-electron chi connectivity index (χ2n) is 8.31. The van der Waals surface area contributed by atoms with Crippen molar-refractivity contribution in [3.8, 4) is 0 Å². The molecule has 1 N–H and O–H groups in total. The maximum absolute atomic E-state index is 10.0. The topological polar surface area (TPSA) is 39.6 Å². The first kappa shape index (κ1) is 18.6. The normalized spacial score (nSPS) is 23.1. The molecule has 1 aromatic heterocycles. The first-order valence-corrected chi connectivity index (χ1v) is 10.3. The van der Waals surface area contributed by atoms with Crippen LogP contribution < -0.4 is 0 Å². The van der Waals surface area contributed by atoms with Gasteiger partial charge in [0.25, 0.3) is 0 Å². The summed E-state index contributed by atoms with van der Waals surface area (Å²) in [5, 5.41) is 10.0. The standard InChI is InChI=1S/C23H31N3O/c27-18-21-16-26(13-9-20-6-2-1-3-7-20)19-23(21)10-14-25(15-11-23)17-22-8-4-5-12-24-22/h1-8,12,21,27H,9-11,13-19H2. The van der Waals surface area contributed by atoms with Gasteiger partial charge in [0.2, 0.25) is 0 Å². The lowest BCUT2D eigenvalue weighted by molar-refractivity contribution is 0.0479. The summed E-state index contributed by atoms with van der Waals surface area (Å²) in [5.41, 5.74) is 2.86. The zero-order valence-corrected chi connectivity index (χ0v) is 16.1. The van der Waals surface area contributed by atoms with E-state index in [1.165, 1.54) is 18.4 Å². The highest BCUT2D eigenvalue weighted by Gasteiger charge is 2.47. The summed E-state index contributed by atoms with van der Waals surface area (Å²) in [5.74, 6) is 0.422. The third kappa shape index (κ3) is 4.40. The molecule has 0 amide bonds. The van der Waals surface area contributed by atoms with Crippen LogP contribution >= 0.6 is 0 Å². The lowest BCUT2D eigenvalue weighted by atomic mass is 9.71. The fraction of sp³-hybridized carbons (Fsp3) is 0.522. The second-order valence-corrected chi connectivity index (χ2v) is 8.31. The molecular weight excluding hydrogens is 334 g/mol. The summed E-state index contributed by atoms with van der Waals surface area (Å²) >= 11 is 0. The van der Waals surface area contributed by atoms with Gasteiger partial charge >= 0.3 is 0 Å². The summed E-state index contributed by atoms with van der Waals surface area (Å²) in [6.07, 6.45) is 5.35. The Morgan fingerprint density at radius 1 is 1.00 bits per heavy atom. The van der Waals surface area contributed by atoms with E-state index in [-0.39, 0.29) is 0 Å². The van der Waals surface area contributed by atoms with Crippen LogP contribution in [0.3, 0.4) is 0 Å². The molecule has 2 aliphatic rings. The molecule has 2 fully saturated rings. The van der Waals surface area contributed by atoms with Crippen LogP contribution in [0.15, 0.2) is 54.7 Å². The number of piperidine rings is 1. The fourth-order valence-electron chi connectivity index (χ4n) is 4.94. The third-order valence-corrected chi connectivity index (χ3v) is 6.63. The van der Waals surface area contributed by atoms with Crippen molar-refractivity contribution in [1.82, 2.24) is 14.8 Å². The molecule has 1 aromatic carbocycles. The van der Waals surface area contributed by atoms with Gasteiger partial charge in [0.1, 0.15) is 0 Å². The van der Waals surface area contributed by atoms with E-state index in [4.69, 9.17) is 0 Å². The third-order valence-electron chi connectivity index (χ3n) is 6.63. The molecule has 144 valence electrons. The number of aromatic nitrogens is 1. The lowest BCUT2D eigenvalue weighted by Crippen LogP contribution is -2.44. The molecule has 2 saturated heterocycles. The number of hydrogen-bond donors (Lipinski definition) is 1. The number of pyridine rings is 1. The molecule has 4 nitrogen and oxygen atoms in total. The van der Waals surface area contributed by atoms with E-state index < -0.39 is 0 Å². The molecule has 2 aromatic rings. The van der Waals surface area contributed by atoms with Gasteiger partial charge in [-0.25, -0.2) is 0 Å². The minimum absolute atomic E-state index is 0.298. The van der Waals surface area contributed by atoms with E-state index in [0.29, 0.717) is 17.9 Å². The molecule has 2 aliphatic heterocycles. The predicted molar refractivity (Wildman–Crippen MR) is 108 cm³/mol. The van der Waals surface area contributed by atoms with Crippen LogP contribution in [0.2, 0.25) is 0 Å². The molecule has 27 heavy (non-hydrogen) atoms. The predicted octanol–water partition coefficient (Wildman–Crippen LogP) is 2.83. The van der Waals surface area contributed by atoms with Gasteiger partial charge in [-0.15, -0.1) is 0 Å². The van der Waals surface area contributed by atoms with E-state index in [1.54, 1.807) is 0 Å². The van der Waals surface area contributed by atoms with E-state index in [9.17, 15) is 5.11 Å². The number of likely N-dealkylation sites (tertiary alicyclic amines) is 2. The van der Waals surface area contributed by atoms with Gasteiger partial charge in [-0.2, -0.15) is 0 Å². The smallest absolute Gasteiger partial charge is 0.0543 e. The highest BCUT2D eigenvalue weighted by atomic mass is 16.3.